The van der Waals surface area contributed by atoms with Crippen LogP contribution in [0.25, 0.3) is 0 Å². The summed E-state index contributed by atoms with van der Waals surface area (Å²) in [6.07, 6.45) is 4.38. The van der Waals surface area contributed by atoms with E-state index in [9.17, 15) is 0 Å². The van der Waals surface area contributed by atoms with Crippen LogP contribution in [0.5, 0.6) is 0 Å². The molecule has 0 amide bonds. The van der Waals surface area contributed by atoms with Gasteiger partial charge in [0.2, 0.25) is 0 Å². The van der Waals surface area contributed by atoms with Crippen molar-refractivity contribution < 1.29 is 4.52 Å². The third-order valence-corrected chi connectivity index (χ3v) is 5.00. The summed E-state index contributed by atoms with van der Waals surface area (Å²) in [5.41, 5.74) is 3.55. The van der Waals surface area contributed by atoms with Gasteiger partial charge in [0.25, 0.3) is 0 Å². The van der Waals surface area contributed by atoms with E-state index in [4.69, 9.17) is 4.52 Å². The molecule has 0 N–H and O–H groups in total. The summed E-state index contributed by atoms with van der Waals surface area (Å²) in [7, 11) is 2.18. The average molecular weight is 313 g/mol. The van der Waals surface area contributed by atoms with Crippen molar-refractivity contribution in [2.45, 2.75) is 38.6 Å². The number of fused-ring (bicyclic) bond motifs is 1. The Balaban J connectivity index is 1.29. The maximum absolute atomic E-state index is 5.27. The molecule has 1 aliphatic carbocycles. The van der Waals surface area contributed by atoms with Gasteiger partial charge in [0.15, 0.2) is 5.82 Å². The monoisotopic (exact) mass is 313 g/mol. The lowest BCUT2D eigenvalue weighted by Gasteiger charge is -2.44. The van der Waals surface area contributed by atoms with Crippen molar-refractivity contribution >= 4 is 5.82 Å². The highest BCUT2D eigenvalue weighted by Gasteiger charge is 2.31. The third kappa shape index (κ3) is 2.95. The zero-order chi connectivity index (χ0) is 15.8. The average Bonchev–Trinajstić information content (AvgIpc) is 3.11. The predicted octanol–water partition coefficient (Wildman–Crippen LogP) is 1.62. The first kappa shape index (κ1) is 14.6. The molecule has 0 unspecified atom stereocenters. The molecule has 23 heavy (non-hydrogen) atoms. The van der Waals surface area contributed by atoms with Crippen molar-refractivity contribution in [1.82, 2.24) is 20.3 Å². The molecule has 0 spiro atoms. The second-order valence-electron chi connectivity index (χ2n) is 6.75. The van der Waals surface area contributed by atoms with E-state index in [0.717, 1.165) is 56.2 Å². The largest absolute Gasteiger partial charge is 0.361 e. The molecule has 0 radical (unpaired) electrons. The van der Waals surface area contributed by atoms with Crippen LogP contribution in [0.2, 0.25) is 0 Å². The smallest absolute Gasteiger partial charge is 0.151 e. The van der Waals surface area contributed by atoms with Crippen molar-refractivity contribution in [3.63, 3.8) is 0 Å². The lowest BCUT2D eigenvalue weighted by Crippen LogP contribution is -2.59. The summed E-state index contributed by atoms with van der Waals surface area (Å²) in [4.78, 5) is 4.72. The van der Waals surface area contributed by atoms with Crippen LogP contribution in [0.4, 0.5) is 5.82 Å². The van der Waals surface area contributed by atoms with E-state index in [1.165, 1.54) is 17.7 Å². The molecule has 3 heterocycles. The molecule has 2 aromatic rings. The topological polar surface area (TPSA) is 58.3 Å². The fraction of sp³-hybridized carbons (Fsp3) is 0.588. The van der Waals surface area contributed by atoms with E-state index in [-0.39, 0.29) is 0 Å². The molecular weight excluding hydrogens is 290 g/mol. The summed E-state index contributed by atoms with van der Waals surface area (Å²) in [5, 5.41) is 12.7. The molecule has 0 bridgehead atoms. The second-order valence-corrected chi connectivity index (χ2v) is 6.75. The molecule has 4 rings (SSSR count). The normalized spacial score (nSPS) is 17.6. The van der Waals surface area contributed by atoms with Crippen LogP contribution in [-0.2, 0) is 19.3 Å². The van der Waals surface area contributed by atoms with Gasteiger partial charge in [-0.15, -0.1) is 5.10 Å². The van der Waals surface area contributed by atoms with Gasteiger partial charge < -0.3 is 9.42 Å². The Morgan fingerprint density at radius 2 is 2.13 bits per heavy atom. The van der Waals surface area contributed by atoms with Crippen LogP contribution in [-0.4, -0.2) is 53.0 Å². The minimum absolute atomic E-state index is 0.578. The molecule has 122 valence electrons. The molecule has 1 saturated heterocycles. The quantitative estimate of drug-likeness (QED) is 0.836. The highest BCUT2D eigenvalue weighted by atomic mass is 16.5. The van der Waals surface area contributed by atoms with Gasteiger partial charge in [-0.2, -0.15) is 5.10 Å². The summed E-state index contributed by atoms with van der Waals surface area (Å²) < 4.78 is 5.27. The summed E-state index contributed by atoms with van der Waals surface area (Å²) in [6, 6.07) is 4.83. The number of hydrogen-bond donors (Lipinski definition) is 0. The molecule has 6 heteroatoms. The summed E-state index contributed by atoms with van der Waals surface area (Å²) in [5.74, 6) is 2.01. The van der Waals surface area contributed by atoms with Crippen LogP contribution in [0.15, 0.2) is 16.7 Å². The van der Waals surface area contributed by atoms with E-state index in [2.05, 4.69) is 38.3 Å². The van der Waals surface area contributed by atoms with E-state index < -0.39 is 0 Å². The minimum Gasteiger partial charge on any atom is -0.361 e. The van der Waals surface area contributed by atoms with Crippen LogP contribution < -0.4 is 4.90 Å². The van der Waals surface area contributed by atoms with Crippen molar-refractivity contribution in [1.29, 1.82) is 0 Å². The van der Waals surface area contributed by atoms with E-state index in [1.807, 2.05) is 13.0 Å². The maximum atomic E-state index is 5.27. The van der Waals surface area contributed by atoms with Crippen LogP contribution in [0.3, 0.4) is 0 Å². The first-order chi connectivity index (χ1) is 11.2. The minimum atomic E-state index is 0.578. The number of nitrogens with zero attached hydrogens (tertiary/aromatic N) is 5. The number of anilines is 1. The summed E-state index contributed by atoms with van der Waals surface area (Å²) in [6.45, 7) is 5.00. The highest BCUT2D eigenvalue weighted by Crippen LogP contribution is 2.26. The number of hydrogen-bond acceptors (Lipinski definition) is 6. The van der Waals surface area contributed by atoms with E-state index in [1.54, 1.807) is 0 Å². The number of likely N-dealkylation sites (N-methyl/N-ethyl adjacent to an activating group) is 1. The SMILES string of the molecule is Cc1cc(CCN(C)C2CN(c3cc4c(nn3)CCC4)C2)on1. The van der Waals surface area contributed by atoms with Gasteiger partial charge in [-0.05, 0) is 44.9 Å². The Bertz CT molecular complexity index is 692. The first-order valence-electron chi connectivity index (χ1n) is 8.42. The van der Waals surface area contributed by atoms with Gasteiger partial charge in [0, 0.05) is 38.2 Å². The maximum Gasteiger partial charge on any atom is 0.151 e. The standard InChI is InChI=1S/C17H23N5O/c1-12-8-15(23-20-12)6-7-21(2)14-10-22(11-14)17-9-13-4-3-5-16(13)18-19-17/h8-9,14H,3-7,10-11H2,1-2H3. The van der Waals surface area contributed by atoms with E-state index in [0.29, 0.717) is 6.04 Å². The molecule has 1 aliphatic heterocycles. The molecular formula is C17H23N5O. The number of aryl methyl sites for hydroxylation is 3. The molecule has 2 aromatic heterocycles. The van der Waals surface area contributed by atoms with Crippen molar-refractivity contribution in [3.8, 4) is 0 Å². The molecule has 0 atom stereocenters. The Kier molecular flexibility index (Phi) is 3.77. The van der Waals surface area contributed by atoms with Gasteiger partial charge in [-0.25, -0.2) is 0 Å². The van der Waals surface area contributed by atoms with Crippen LogP contribution in [0.1, 0.15) is 29.1 Å². The van der Waals surface area contributed by atoms with Gasteiger partial charge >= 0.3 is 0 Å². The van der Waals surface area contributed by atoms with Crippen molar-refractivity contribution in [3.05, 3.63) is 34.8 Å². The molecule has 0 saturated carbocycles. The van der Waals surface area contributed by atoms with Crippen LogP contribution in [0, 0.1) is 6.92 Å². The third-order valence-electron chi connectivity index (χ3n) is 5.00. The van der Waals surface area contributed by atoms with Gasteiger partial charge in [0.1, 0.15) is 5.76 Å². The Labute approximate surface area is 136 Å². The zero-order valence-corrected chi connectivity index (χ0v) is 13.8. The van der Waals surface area contributed by atoms with E-state index >= 15 is 0 Å². The van der Waals surface area contributed by atoms with Crippen LogP contribution >= 0.6 is 0 Å². The number of aromatic nitrogens is 3. The lowest BCUT2D eigenvalue weighted by molar-refractivity contribution is 0.201. The van der Waals surface area contributed by atoms with Gasteiger partial charge in [0.05, 0.1) is 11.4 Å². The molecule has 0 aromatic carbocycles. The second kappa shape index (κ2) is 5.92. The van der Waals surface area contributed by atoms with Crippen molar-refractivity contribution in [2.24, 2.45) is 0 Å². The molecule has 1 fully saturated rings. The zero-order valence-electron chi connectivity index (χ0n) is 13.8. The Morgan fingerprint density at radius 3 is 2.91 bits per heavy atom. The first-order valence-corrected chi connectivity index (χ1v) is 8.42. The Hall–Kier alpha value is -1.95. The molecule has 2 aliphatic rings. The highest BCUT2D eigenvalue weighted by molar-refractivity contribution is 5.45. The van der Waals surface area contributed by atoms with Gasteiger partial charge in [-0.3, -0.25) is 4.90 Å². The fourth-order valence-corrected chi connectivity index (χ4v) is 3.40. The molecule has 6 nitrogen and oxygen atoms in total. The Morgan fingerprint density at radius 1 is 1.26 bits per heavy atom. The lowest BCUT2D eigenvalue weighted by atomic mass is 10.1. The number of rotatable bonds is 5. The van der Waals surface area contributed by atoms with Crippen molar-refractivity contribution in [2.75, 3.05) is 31.6 Å². The van der Waals surface area contributed by atoms with Gasteiger partial charge in [-0.1, -0.05) is 5.16 Å². The predicted molar refractivity (Wildman–Crippen MR) is 87.6 cm³/mol. The fourth-order valence-electron chi connectivity index (χ4n) is 3.40. The summed E-state index contributed by atoms with van der Waals surface area (Å²) >= 11 is 0.